The van der Waals surface area contributed by atoms with Crippen molar-refractivity contribution >= 4 is 5.91 Å². The smallest absolute Gasteiger partial charge is 0.276 e. The lowest BCUT2D eigenvalue weighted by atomic mass is 10.3. The number of ether oxygens (including phenoxy) is 1. The number of aromatic nitrogens is 5. The predicted molar refractivity (Wildman–Crippen MR) is 82.7 cm³/mol. The van der Waals surface area contributed by atoms with E-state index in [4.69, 9.17) is 9.26 Å². The van der Waals surface area contributed by atoms with Crippen LogP contribution in [0.5, 0.6) is 5.75 Å². The zero-order valence-electron chi connectivity index (χ0n) is 13.5. The summed E-state index contributed by atoms with van der Waals surface area (Å²) in [5.41, 5.74) is 1.01. The van der Waals surface area contributed by atoms with Crippen molar-refractivity contribution in [3.63, 3.8) is 0 Å². The van der Waals surface area contributed by atoms with Gasteiger partial charge in [-0.15, -0.1) is 5.10 Å². The highest BCUT2D eigenvalue weighted by atomic mass is 16.5. The van der Waals surface area contributed by atoms with Crippen molar-refractivity contribution in [3.8, 4) is 11.4 Å². The fourth-order valence-electron chi connectivity index (χ4n) is 2.11. The number of aryl methyl sites for hydroxylation is 1. The highest BCUT2D eigenvalue weighted by Crippen LogP contribution is 2.14. The van der Waals surface area contributed by atoms with Gasteiger partial charge in [-0.25, -0.2) is 4.68 Å². The lowest BCUT2D eigenvalue weighted by Crippen LogP contribution is -2.27. The fourth-order valence-corrected chi connectivity index (χ4v) is 2.11. The highest BCUT2D eigenvalue weighted by Gasteiger charge is 2.18. The van der Waals surface area contributed by atoms with E-state index >= 15 is 0 Å². The molecular formula is C15H16N6O3. The Labute approximate surface area is 137 Å². The van der Waals surface area contributed by atoms with E-state index in [1.165, 1.54) is 9.58 Å². The topological polar surface area (TPSA) is 99.2 Å². The van der Waals surface area contributed by atoms with Crippen LogP contribution in [0.15, 0.2) is 35.0 Å². The maximum absolute atomic E-state index is 12.4. The van der Waals surface area contributed by atoms with Crippen molar-refractivity contribution in [1.29, 1.82) is 0 Å². The van der Waals surface area contributed by atoms with Crippen LogP contribution in [-0.4, -0.2) is 50.1 Å². The fraction of sp³-hybridized carbons (Fsp3) is 0.267. The summed E-state index contributed by atoms with van der Waals surface area (Å²) in [5.74, 6) is 1.35. The van der Waals surface area contributed by atoms with Crippen molar-refractivity contribution in [3.05, 3.63) is 47.9 Å². The molecule has 0 saturated heterocycles. The van der Waals surface area contributed by atoms with E-state index in [1.807, 2.05) is 24.3 Å². The first-order valence-corrected chi connectivity index (χ1v) is 7.18. The van der Waals surface area contributed by atoms with Crippen LogP contribution in [0.25, 0.3) is 5.69 Å². The molecule has 0 unspecified atom stereocenters. The van der Waals surface area contributed by atoms with Crippen molar-refractivity contribution in [2.45, 2.75) is 13.5 Å². The minimum atomic E-state index is -0.280. The largest absolute Gasteiger partial charge is 0.497 e. The van der Waals surface area contributed by atoms with Crippen molar-refractivity contribution in [2.75, 3.05) is 14.2 Å². The van der Waals surface area contributed by atoms with Crippen LogP contribution in [0.2, 0.25) is 0 Å². The molecule has 124 valence electrons. The minimum Gasteiger partial charge on any atom is -0.497 e. The van der Waals surface area contributed by atoms with Crippen LogP contribution in [0, 0.1) is 6.92 Å². The maximum Gasteiger partial charge on any atom is 0.276 e. The third kappa shape index (κ3) is 3.24. The SMILES string of the molecule is COc1ccc(-n2cc(C(=O)N(C)Cc3noc(C)n3)nn2)cc1. The van der Waals surface area contributed by atoms with Gasteiger partial charge in [0, 0.05) is 14.0 Å². The average molecular weight is 328 g/mol. The molecule has 0 fully saturated rings. The van der Waals surface area contributed by atoms with Crippen LogP contribution in [0.3, 0.4) is 0 Å². The van der Waals surface area contributed by atoms with Crippen molar-refractivity contribution in [2.24, 2.45) is 0 Å². The molecular weight excluding hydrogens is 312 g/mol. The number of carbonyl (C=O) groups excluding carboxylic acids is 1. The molecule has 2 heterocycles. The molecule has 0 aliphatic carbocycles. The first-order valence-electron chi connectivity index (χ1n) is 7.18. The Morgan fingerprint density at radius 3 is 2.71 bits per heavy atom. The Hall–Kier alpha value is -3.23. The number of carbonyl (C=O) groups is 1. The van der Waals surface area contributed by atoms with Crippen LogP contribution in [0.4, 0.5) is 0 Å². The van der Waals surface area contributed by atoms with Gasteiger partial charge in [0.2, 0.25) is 5.89 Å². The Balaban J connectivity index is 1.72. The Kier molecular flexibility index (Phi) is 4.23. The van der Waals surface area contributed by atoms with Gasteiger partial charge in [-0.3, -0.25) is 4.79 Å². The molecule has 0 N–H and O–H groups in total. The summed E-state index contributed by atoms with van der Waals surface area (Å²) in [6.45, 7) is 1.92. The number of nitrogens with zero attached hydrogens (tertiary/aromatic N) is 6. The van der Waals surface area contributed by atoms with Crippen LogP contribution in [-0.2, 0) is 6.54 Å². The molecule has 0 saturated carbocycles. The summed E-state index contributed by atoms with van der Waals surface area (Å²) < 4.78 is 11.5. The third-order valence-corrected chi connectivity index (χ3v) is 3.34. The molecule has 0 aliphatic heterocycles. The standard InChI is InChI=1S/C15H16N6O3/c1-10-16-14(18-24-10)9-20(2)15(22)13-8-21(19-17-13)11-4-6-12(23-3)7-5-11/h4-8H,9H2,1-3H3. The molecule has 2 aromatic heterocycles. The number of hydrogen-bond donors (Lipinski definition) is 0. The van der Waals surface area contributed by atoms with E-state index in [1.54, 1.807) is 27.3 Å². The lowest BCUT2D eigenvalue weighted by molar-refractivity contribution is 0.0774. The number of hydrogen-bond acceptors (Lipinski definition) is 7. The van der Waals surface area contributed by atoms with Gasteiger partial charge in [0.15, 0.2) is 11.5 Å². The van der Waals surface area contributed by atoms with Gasteiger partial charge < -0.3 is 14.2 Å². The monoisotopic (exact) mass is 328 g/mol. The Morgan fingerprint density at radius 1 is 1.33 bits per heavy atom. The van der Waals surface area contributed by atoms with E-state index < -0.39 is 0 Å². The van der Waals surface area contributed by atoms with E-state index in [9.17, 15) is 4.79 Å². The summed E-state index contributed by atoms with van der Waals surface area (Å²) in [6, 6.07) is 7.27. The van der Waals surface area contributed by atoms with Gasteiger partial charge in [0.1, 0.15) is 5.75 Å². The molecule has 0 spiro atoms. The van der Waals surface area contributed by atoms with E-state index in [-0.39, 0.29) is 18.1 Å². The summed E-state index contributed by atoms with van der Waals surface area (Å²) in [5, 5.41) is 11.7. The number of amides is 1. The Bertz CT molecular complexity index is 839. The van der Waals surface area contributed by atoms with Crippen molar-refractivity contribution in [1.82, 2.24) is 30.0 Å². The summed E-state index contributed by atoms with van der Waals surface area (Å²) in [4.78, 5) is 17.9. The van der Waals surface area contributed by atoms with E-state index in [2.05, 4.69) is 20.5 Å². The summed E-state index contributed by atoms with van der Waals surface area (Å²) in [6.07, 6.45) is 1.57. The molecule has 0 atom stereocenters. The lowest BCUT2D eigenvalue weighted by Gasteiger charge is -2.12. The molecule has 3 aromatic rings. The molecule has 9 heteroatoms. The normalized spacial score (nSPS) is 10.6. The van der Waals surface area contributed by atoms with Gasteiger partial charge in [-0.05, 0) is 24.3 Å². The average Bonchev–Trinajstić information content (AvgIpc) is 3.23. The molecule has 1 aromatic carbocycles. The molecule has 0 radical (unpaired) electrons. The first-order chi connectivity index (χ1) is 11.6. The van der Waals surface area contributed by atoms with Gasteiger partial charge in [0.05, 0.1) is 25.5 Å². The maximum atomic E-state index is 12.4. The number of benzene rings is 1. The molecule has 1 amide bonds. The van der Waals surface area contributed by atoms with Crippen LogP contribution >= 0.6 is 0 Å². The van der Waals surface area contributed by atoms with Crippen molar-refractivity contribution < 1.29 is 14.1 Å². The molecule has 0 bridgehead atoms. The Morgan fingerprint density at radius 2 is 2.08 bits per heavy atom. The second kappa shape index (κ2) is 6.49. The van der Waals surface area contributed by atoms with E-state index in [0.717, 1.165) is 11.4 Å². The second-order valence-electron chi connectivity index (χ2n) is 5.14. The predicted octanol–water partition coefficient (Wildman–Crippen LogP) is 1.24. The van der Waals surface area contributed by atoms with Gasteiger partial charge >= 0.3 is 0 Å². The van der Waals surface area contributed by atoms with Gasteiger partial charge in [-0.2, -0.15) is 4.98 Å². The molecule has 3 rings (SSSR count). The summed E-state index contributed by atoms with van der Waals surface area (Å²) >= 11 is 0. The first kappa shape index (κ1) is 15.7. The quantitative estimate of drug-likeness (QED) is 0.694. The van der Waals surface area contributed by atoms with Gasteiger partial charge in [-0.1, -0.05) is 10.4 Å². The number of methoxy groups -OCH3 is 1. The minimum absolute atomic E-state index is 0.228. The molecule has 0 aliphatic rings. The molecule has 9 nitrogen and oxygen atoms in total. The van der Waals surface area contributed by atoms with Crippen LogP contribution in [0.1, 0.15) is 22.2 Å². The van der Waals surface area contributed by atoms with E-state index in [0.29, 0.717) is 11.7 Å². The highest BCUT2D eigenvalue weighted by molar-refractivity contribution is 5.91. The number of rotatable bonds is 5. The zero-order chi connectivity index (χ0) is 17.1. The third-order valence-electron chi connectivity index (χ3n) is 3.34. The van der Waals surface area contributed by atoms with Gasteiger partial charge in [0.25, 0.3) is 5.91 Å². The van der Waals surface area contributed by atoms with Crippen LogP contribution < -0.4 is 4.74 Å². The zero-order valence-corrected chi connectivity index (χ0v) is 13.5. The second-order valence-corrected chi connectivity index (χ2v) is 5.14. The summed E-state index contributed by atoms with van der Waals surface area (Å²) in [7, 11) is 3.24. The molecule has 24 heavy (non-hydrogen) atoms.